The third kappa shape index (κ3) is 3.27. The predicted molar refractivity (Wildman–Crippen MR) is 103 cm³/mol. The van der Waals surface area contributed by atoms with E-state index in [-0.39, 0.29) is 5.97 Å². The van der Waals surface area contributed by atoms with Gasteiger partial charge in [0.25, 0.3) is 0 Å². The van der Waals surface area contributed by atoms with E-state index >= 15 is 0 Å². The van der Waals surface area contributed by atoms with Crippen molar-refractivity contribution < 1.29 is 9.53 Å². The molecule has 27 heavy (non-hydrogen) atoms. The van der Waals surface area contributed by atoms with E-state index in [4.69, 9.17) is 9.72 Å². The summed E-state index contributed by atoms with van der Waals surface area (Å²) in [5, 5.41) is 9.00. The maximum Gasteiger partial charge on any atom is 0.348 e. The Morgan fingerprint density at radius 2 is 2.07 bits per heavy atom. The largest absolute Gasteiger partial charge is 0.462 e. The molecule has 1 saturated heterocycles. The second-order valence-electron chi connectivity index (χ2n) is 6.65. The van der Waals surface area contributed by atoms with Crippen molar-refractivity contribution in [3.05, 3.63) is 28.7 Å². The quantitative estimate of drug-likeness (QED) is 0.637. The lowest BCUT2D eigenvalue weighted by atomic mass is 10.0. The van der Waals surface area contributed by atoms with Crippen LogP contribution in [0.15, 0.2) is 12.4 Å². The Labute approximate surface area is 161 Å². The molecule has 0 radical (unpaired) electrons. The monoisotopic (exact) mass is 386 g/mol. The average Bonchev–Trinajstić information content (AvgIpc) is 3.30. The molecule has 1 fully saturated rings. The summed E-state index contributed by atoms with van der Waals surface area (Å²) in [5.41, 5.74) is 0.904. The highest BCUT2D eigenvalue weighted by atomic mass is 32.1. The zero-order valence-electron chi connectivity index (χ0n) is 15.7. The van der Waals surface area contributed by atoms with Gasteiger partial charge in [-0.3, -0.25) is 0 Å². The molecule has 1 aliphatic heterocycles. The van der Waals surface area contributed by atoms with Crippen molar-refractivity contribution in [2.24, 2.45) is 0 Å². The Hall–Kier alpha value is -2.55. The topological polar surface area (TPSA) is 86.0 Å². The number of hydrogen-bond acceptors (Lipinski definition) is 8. The van der Waals surface area contributed by atoms with Gasteiger partial charge in [-0.1, -0.05) is 5.21 Å². The molecule has 3 aromatic rings. The Morgan fingerprint density at radius 3 is 2.74 bits per heavy atom. The lowest BCUT2D eigenvalue weighted by Gasteiger charge is -2.33. The molecule has 0 saturated carbocycles. The minimum Gasteiger partial charge on any atom is -0.462 e. The number of carbonyl (C=O) groups excluding carboxylic acids is 1. The molecule has 0 aromatic carbocycles. The lowest BCUT2D eigenvalue weighted by molar-refractivity contribution is 0.0531. The summed E-state index contributed by atoms with van der Waals surface area (Å²) in [4.78, 5) is 25.3. The van der Waals surface area contributed by atoms with Crippen LogP contribution < -0.4 is 4.90 Å². The zero-order valence-corrected chi connectivity index (χ0v) is 16.5. The summed E-state index contributed by atoms with van der Waals surface area (Å²) in [6.45, 7) is 7.77. The van der Waals surface area contributed by atoms with Gasteiger partial charge in [0.05, 0.1) is 24.2 Å². The number of carbonyl (C=O) groups is 1. The molecule has 3 aromatic heterocycles. The molecule has 0 atom stereocenters. The number of piperidine rings is 1. The molecule has 0 bridgehead atoms. The summed E-state index contributed by atoms with van der Waals surface area (Å²) in [6.07, 6.45) is 5.58. The molecule has 4 rings (SSSR count). The number of rotatable bonds is 4. The third-order valence-electron chi connectivity index (χ3n) is 4.92. The first-order chi connectivity index (χ1) is 13.1. The molecular formula is C18H22N6O2S. The van der Waals surface area contributed by atoms with E-state index in [0.29, 0.717) is 23.4 Å². The fourth-order valence-electron chi connectivity index (χ4n) is 3.60. The molecular weight excluding hydrogens is 364 g/mol. The molecule has 0 aliphatic carbocycles. The summed E-state index contributed by atoms with van der Waals surface area (Å²) < 4.78 is 7.14. The number of aryl methyl sites for hydroxylation is 2. The van der Waals surface area contributed by atoms with E-state index in [1.165, 1.54) is 11.3 Å². The van der Waals surface area contributed by atoms with Crippen LogP contribution in [-0.4, -0.2) is 50.6 Å². The van der Waals surface area contributed by atoms with Crippen molar-refractivity contribution in [2.45, 2.75) is 39.7 Å². The van der Waals surface area contributed by atoms with Crippen LogP contribution >= 0.6 is 11.3 Å². The number of ether oxygens (including phenoxy) is 1. The summed E-state index contributed by atoms with van der Waals surface area (Å²) >= 11 is 1.39. The van der Waals surface area contributed by atoms with Crippen molar-refractivity contribution in [1.82, 2.24) is 25.0 Å². The van der Waals surface area contributed by atoms with Crippen molar-refractivity contribution in [1.29, 1.82) is 0 Å². The molecule has 4 heterocycles. The number of hydrogen-bond donors (Lipinski definition) is 0. The fraction of sp³-hybridized carbons (Fsp3) is 0.500. The number of esters is 1. The van der Waals surface area contributed by atoms with Gasteiger partial charge in [-0.2, -0.15) is 0 Å². The highest BCUT2D eigenvalue weighted by Crippen LogP contribution is 2.37. The fourth-order valence-corrected chi connectivity index (χ4v) is 4.71. The van der Waals surface area contributed by atoms with Crippen molar-refractivity contribution in [3.8, 4) is 0 Å². The lowest BCUT2D eigenvalue weighted by Crippen LogP contribution is -2.35. The van der Waals surface area contributed by atoms with Crippen molar-refractivity contribution >= 4 is 33.3 Å². The molecule has 0 unspecified atom stereocenters. The standard InChI is InChI=1S/C18H22N6O2S/c1-4-26-18(25)15-11(2)14-16(20-12(3)21-17(14)27-15)23-8-5-13(6-9-23)24-10-7-19-22-24/h7,10,13H,4-6,8-9H2,1-3H3. The number of thiophene rings is 1. The molecule has 8 nitrogen and oxygen atoms in total. The molecule has 142 valence electrons. The molecule has 0 amide bonds. The Balaban J connectivity index is 1.66. The second kappa shape index (κ2) is 7.22. The van der Waals surface area contributed by atoms with Gasteiger partial charge in [-0.05, 0) is 39.2 Å². The van der Waals surface area contributed by atoms with Crippen LogP contribution in [0.5, 0.6) is 0 Å². The van der Waals surface area contributed by atoms with Crippen LogP contribution in [0, 0.1) is 13.8 Å². The first-order valence-electron chi connectivity index (χ1n) is 9.14. The normalized spacial score (nSPS) is 15.4. The van der Waals surface area contributed by atoms with Gasteiger partial charge >= 0.3 is 5.97 Å². The Kier molecular flexibility index (Phi) is 4.77. The van der Waals surface area contributed by atoms with Gasteiger partial charge < -0.3 is 9.64 Å². The molecule has 0 N–H and O–H groups in total. The minimum absolute atomic E-state index is 0.286. The number of anilines is 1. The maximum absolute atomic E-state index is 12.3. The van der Waals surface area contributed by atoms with Gasteiger partial charge in [0.1, 0.15) is 21.3 Å². The average molecular weight is 386 g/mol. The van der Waals surface area contributed by atoms with Gasteiger partial charge in [-0.15, -0.1) is 16.4 Å². The highest BCUT2D eigenvalue weighted by Gasteiger charge is 2.27. The van der Waals surface area contributed by atoms with Gasteiger partial charge in [0, 0.05) is 19.3 Å². The maximum atomic E-state index is 12.3. The minimum atomic E-state index is -0.286. The number of nitrogens with zero attached hydrogens (tertiary/aromatic N) is 6. The molecule has 9 heteroatoms. The Morgan fingerprint density at radius 1 is 1.30 bits per heavy atom. The first-order valence-corrected chi connectivity index (χ1v) is 9.95. The second-order valence-corrected chi connectivity index (χ2v) is 7.65. The number of fused-ring (bicyclic) bond motifs is 1. The highest BCUT2D eigenvalue weighted by molar-refractivity contribution is 7.20. The summed E-state index contributed by atoms with van der Waals surface area (Å²) in [5.74, 6) is 1.35. The van der Waals surface area contributed by atoms with Crippen LogP contribution in [0.4, 0.5) is 5.82 Å². The van der Waals surface area contributed by atoms with E-state index in [1.807, 2.05) is 31.6 Å². The smallest absolute Gasteiger partial charge is 0.348 e. The van der Waals surface area contributed by atoms with Gasteiger partial charge in [0.15, 0.2) is 0 Å². The van der Waals surface area contributed by atoms with Crippen molar-refractivity contribution in [2.75, 3.05) is 24.6 Å². The van der Waals surface area contributed by atoms with Gasteiger partial charge in [-0.25, -0.2) is 19.4 Å². The zero-order chi connectivity index (χ0) is 19.0. The molecule has 0 spiro atoms. The SMILES string of the molecule is CCOC(=O)c1sc2nc(C)nc(N3CCC(n4ccnn4)CC3)c2c1C. The van der Waals surface area contributed by atoms with E-state index in [1.54, 1.807) is 6.20 Å². The van der Waals surface area contributed by atoms with Crippen molar-refractivity contribution in [3.63, 3.8) is 0 Å². The summed E-state index contributed by atoms with van der Waals surface area (Å²) in [6, 6.07) is 0.362. The molecule has 1 aliphatic rings. The van der Waals surface area contributed by atoms with Crippen LogP contribution in [0.2, 0.25) is 0 Å². The third-order valence-corrected chi connectivity index (χ3v) is 6.09. The van der Waals surface area contributed by atoms with Crippen LogP contribution in [0.1, 0.15) is 46.9 Å². The van der Waals surface area contributed by atoms with E-state index in [2.05, 4.69) is 20.2 Å². The van der Waals surface area contributed by atoms with E-state index in [0.717, 1.165) is 47.5 Å². The number of aromatic nitrogens is 5. The van der Waals surface area contributed by atoms with E-state index < -0.39 is 0 Å². The first kappa shape index (κ1) is 17.8. The summed E-state index contributed by atoms with van der Waals surface area (Å²) in [7, 11) is 0. The van der Waals surface area contributed by atoms with Gasteiger partial charge in [0.2, 0.25) is 0 Å². The van der Waals surface area contributed by atoms with Crippen LogP contribution in [0.3, 0.4) is 0 Å². The van der Waals surface area contributed by atoms with Crippen LogP contribution in [0.25, 0.3) is 10.2 Å². The van der Waals surface area contributed by atoms with E-state index in [9.17, 15) is 4.79 Å². The Bertz CT molecular complexity index is 960. The van der Waals surface area contributed by atoms with Crippen LogP contribution in [-0.2, 0) is 4.74 Å². The predicted octanol–water partition coefficient (Wildman–Crippen LogP) is 2.92.